The molecule has 2 heteroatoms. The molecule has 0 bridgehead atoms. The normalized spacial score (nSPS) is 13.1. The van der Waals surface area contributed by atoms with E-state index in [4.69, 9.17) is 0 Å². The topological polar surface area (TPSA) is 15.3 Å². The van der Waals surface area contributed by atoms with Gasteiger partial charge in [-0.05, 0) is 38.6 Å². The second-order valence-electron chi connectivity index (χ2n) is 4.56. The molecule has 16 heavy (non-hydrogen) atoms. The molecule has 1 N–H and O–H groups in total. The number of rotatable bonds is 6. The highest BCUT2D eigenvalue weighted by molar-refractivity contribution is 5.25. The summed E-state index contributed by atoms with van der Waals surface area (Å²) in [6, 6.07) is 9.09. The number of nitrogens with zero attached hydrogens (tertiary/aromatic N) is 1. The lowest BCUT2D eigenvalue weighted by Crippen LogP contribution is -2.37. The summed E-state index contributed by atoms with van der Waals surface area (Å²) in [4.78, 5) is 2.33. The fourth-order valence-corrected chi connectivity index (χ4v) is 1.75. The van der Waals surface area contributed by atoms with E-state index in [9.17, 15) is 0 Å². The molecule has 2 nitrogen and oxygen atoms in total. The van der Waals surface area contributed by atoms with Gasteiger partial charge >= 0.3 is 0 Å². The Hall–Kier alpha value is -0.860. The van der Waals surface area contributed by atoms with Crippen molar-refractivity contribution in [1.82, 2.24) is 10.2 Å². The summed E-state index contributed by atoms with van der Waals surface area (Å²) in [6.07, 6.45) is 0. The quantitative estimate of drug-likeness (QED) is 0.792. The third kappa shape index (κ3) is 4.33. The van der Waals surface area contributed by atoms with Crippen LogP contribution in [0.5, 0.6) is 0 Å². The van der Waals surface area contributed by atoms with Crippen molar-refractivity contribution in [3.05, 3.63) is 35.4 Å². The largest absolute Gasteiger partial charge is 0.309 e. The lowest BCUT2D eigenvalue weighted by Gasteiger charge is -2.21. The number of benzene rings is 1. The maximum Gasteiger partial charge on any atom is 0.0211 e. The smallest absolute Gasteiger partial charge is 0.0211 e. The molecule has 1 unspecified atom stereocenters. The van der Waals surface area contributed by atoms with Gasteiger partial charge in [0.2, 0.25) is 0 Å². The van der Waals surface area contributed by atoms with Gasteiger partial charge in [-0.15, -0.1) is 0 Å². The summed E-state index contributed by atoms with van der Waals surface area (Å²) in [5, 5.41) is 3.56. The van der Waals surface area contributed by atoms with Crippen LogP contribution in [0.1, 0.15) is 25.0 Å². The molecule has 0 fully saturated rings. The Morgan fingerprint density at radius 1 is 1.31 bits per heavy atom. The Morgan fingerprint density at radius 3 is 2.62 bits per heavy atom. The van der Waals surface area contributed by atoms with Crippen LogP contribution >= 0.6 is 0 Å². The van der Waals surface area contributed by atoms with E-state index in [-0.39, 0.29) is 0 Å². The average molecular weight is 220 g/mol. The summed E-state index contributed by atoms with van der Waals surface area (Å²) < 4.78 is 0. The third-order valence-electron chi connectivity index (χ3n) is 3.03. The second kappa shape index (κ2) is 6.66. The standard InChI is InChI=1S/C14H24N2/c1-5-16(4)11-13(3)15-10-14-9-7-6-8-12(14)2/h6-9,13,15H,5,10-11H2,1-4H3. The zero-order chi connectivity index (χ0) is 12.0. The molecule has 0 radical (unpaired) electrons. The molecule has 0 amide bonds. The minimum absolute atomic E-state index is 0.532. The first-order chi connectivity index (χ1) is 7.63. The highest BCUT2D eigenvalue weighted by Crippen LogP contribution is 2.06. The molecule has 1 rings (SSSR count). The van der Waals surface area contributed by atoms with Gasteiger partial charge in [0.15, 0.2) is 0 Å². The molecule has 90 valence electrons. The first-order valence-corrected chi connectivity index (χ1v) is 6.10. The average Bonchev–Trinajstić information content (AvgIpc) is 2.28. The van der Waals surface area contributed by atoms with Crippen molar-refractivity contribution < 1.29 is 0 Å². The molecule has 1 aromatic carbocycles. The Morgan fingerprint density at radius 2 is 2.00 bits per heavy atom. The van der Waals surface area contributed by atoms with Crippen LogP contribution in [-0.2, 0) is 6.54 Å². The van der Waals surface area contributed by atoms with Gasteiger partial charge in [-0.3, -0.25) is 0 Å². The van der Waals surface area contributed by atoms with E-state index < -0.39 is 0 Å². The molecular weight excluding hydrogens is 196 g/mol. The maximum absolute atomic E-state index is 3.56. The molecule has 0 spiro atoms. The lowest BCUT2D eigenvalue weighted by molar-refractivity contribution is 0.309. The van der Waals surface area contributed by atoms with Crippen molar-refractivity contribution in [2.24, 2.45) is 0 Å². The summed E-state index contributed by atoms with van der Waals surface area (Å²) in [5.41, 5.74) is 2.76. The zero-order valence-corrected chi connectivity index (χ0v) is 11.0. The van der Waals surface area contributed by atoms with Gasteiger partial charge in [-0.1, -0.05) is 31.2 Å². The fraction of sp³-hybridized carbons (Fsp3) is 0.571. The van der Waals surface area contributed by atoms with Crippen molar-refractivity contribution >= 4 is 0 Å². The molecule has 0 aromatic heterocycles. The van der Waals surface area contributed by atoms with E-state index in [0.29, 0.717) is 6.04 Å². The van der Waals surface area contributed by atoms with E-state index in [1.54, 1.807) is 0 Å². The van der Waals surface area contributed by atoms with Gasteiger partial charge in [-0.2, -0.15) is 0 Å². The van der Waals surface area contributed by atoms with Crippen LogP contribution in [0.4, 0.5) is 0 Å². The SMILES string of the molecule is CCN(C)CC(C)NCc1ccccc1C. The van der Waals surface area contributed by atoms with Crippen LogP contribution in [0.15, 0.2) is 24.3 Å². The number of likely N-dealkylation sites (N-methyl/N-ethyl adjacent to an activating group) is 1. The molecule has 0 aliphatic rings. The lowest BCUT2D eigenvalue weighted by atomic mass is 10.1. The second-order valence-corrected chi connectivity index (χ2v) is 4.56. The fourth-order valence-electron chi connectivity index (χ4n) is 1.75. The highest BCUT2D eigenvalue weighted by atomic mass is 15.1. The van der Waals surface area contributed by atoms with Crippen molar-refractivity contribution in [3.8, 4) is 0 Å². The van der Waals surface area contributed by atoms with Crippen LogP contribution in [0.2, 0.25) is 0 Å². The molecule has 0 saturated heterocycles. The van der Waals surface area contributed by atoms with E-state index in [1.165, 1.54) is 11.1 Å². The van der Waals surface area contributed by atoms with E-state index in [1.807, 2.05) is 0 Å². The summed E-state index contributed by atoms with van der Waals surface area (Å²) >= 11 is 0. The maximum atomic E-state index is 3.56. The van der Waals surface area contributed by atoms with Gasteiger partial charge in [0, 0.05) is 19.1 Å². The number of aryl methyl sites for hydroxylation is 1. The van der Waals surface area contributed by atoms with E-state index in [2.05, 4.69) is 62.3 Å². The number of hydrogen-bond acceptors (Lipinski definition) is 2. The van der Waals surface area contributed by atoms with Crippen molar-refractivity contribution in [2.75, 3.05) is 20.1 Å². The minimum Gasteiger partial charge on any atom is -0.309 e. The first kappa shape index (κ1) is 13.2. The predicted octanol–water partition coefficient (Wildman–Crippen LogP) is 2.42. The third-order valence-corrected chi connectivity index (χ3v) is 3.03. The van der Waals surface area contributed by atoms with Crippen molar-refractivity contribution in [2.45, 2.75) is 33.4 Å². The number of nitrogens with one attached hydrogen (secondary N) is 1. The molecule has 0 aliphatic heterocycles. The zero-order valence-electron chi connectivity index (χ0n) is 11.0. The Labute approximate surface area is 99.7 Å². The highest BCUT2D eigenvalue weighted by Gasteiger charge is 2.04. The summed E-state index contributed by atoms with van der Waals surface area (Å²) in [6.45, 7) is 9.77. The Balaban J connectivity index is 2.37. The van der Waals surface area contributed by atoms with E-state index in [0.717, 1.165) is 19.6 Å². The van der Waals surface area contributed by atoms with Crippen LogP contribution in [0, 0.1) is 6.92 Å². The summed E-state index contributed by atoms with van der Waals surface area (Å²) in [7, 11) is 2.16. The van der Waals surface area contributed by atoms with Crippen LogP contribution in [-0.4, -0.2) is 31.1 Å². The van der Waals surface area contributed by atoms with E-state index >= 15 is 0 Å². The van der Waals surface area contributed by atoms with Crippen LogP contribution < -0.4 is 5.32 Å². The monoisotopic (exact) mass is 220 g/mol. The van der Waals surface area contributed by atoms with Crippen molar-refractivity contribution in [3.63, 3.8) is 0 Å². The minimum atomic E-state index is 0.532. The first-order valence-electron chi connectivity index (χ1n) is 6.10. The molecule has 0 heterocycles. The molecular formula is C14H24N2. The van der Waals surface area contributed by atoms with Crippen LogP contribution in [0.3, 0.4) is 0 Å². The van der Waals surface area contributed by atoms with Crippen LogP contribution in [0.25, 0.3) is 0 Å². The Bertz CT molecular complexity index is 309. The molecule has 1 aromatic rings. The van der Waals surface area contributed by atoms with Gasteiger partial charge in [0.1, 0.15) is 0 Å². The summed E-state index contributed by atoms with van der Waals surface area (Å²) in [5.74, 6) is 0. The Kier molecular flexibility index (Phi) is 5.50. The number of hydrogen-bond donors (Lipinski definition) is 1. The van der Waals surface area contributed by atoms with Crippen molar-refractivity contribution in [1.29, 1.82) is 0 Å². The molecule has 0 aliphatic carbocycles. The van der Waals surface area contributed by atoms with Gasteiger partial charge in [-0.25, -0.2) is 0 Å². The molecule has 0 saturated carbocycles. The van der Waals surface area contributed by atoms with Gasteiger partial charge in [0.25, 0.3) is 0 Å². The predicted molar refractivity (Wildman–Crippen MR) is 70.7 cm³/mol. The van der Waals surface area contributed by atoms with Gasteiger partial charge < -0.3 is 10.2 Å². The van der Waals surface area contributed by atoms with Gasteiger partial charge in [0.05, 0.1) is 0 Å². The molecule has 1 atom stereocenters.